The number of nitrogens with two attached hydrogens (primary N) is 1. The smallest absolute Gasteiger partial charge is 0.290 e. The Balaban J connectivity index is 0. The summed E-state index contributed by atoms with van der Waals surface area (Å²) in [5.41, 5.74) is 4.39. The summed E-state index contributed by atoms with van der Waals surface area (Å²) >= 11 is 0. The largest absolute Gasteiger partial charge is 0.483 e. The number of carbonyl (C=O) groups is 1. The molecule has 4 heteroatoms. The molecule has 0 unspecified atom stereocenters. The van der Waals surface area contributed by atoms with E-state index in [2.05, 4.69) is 5.73 Å². The minimum absolute atomic E-state index is 0.250. The van der Waals surface area contributed by atoms with Gasteiger partial charge in [0.25, 0.3) is 6.47 Å². The molecule has 4 N–H and O–H groups in total. The summed E-state index contributed by atoms with van der Waals surface area (Å²) in [6.45, 7) is -0.250. The Morgan fingerprint density at radius 1 is 1.83 bits per heavy atom. The van der Waals surface area contributed by atoms with Gasteiger partial charge >= 0.3 is 0 Å². The highest BCUT2D eigenvalue weighted by molar-refractivity contribution is 5.46. The molecule has 0 fully saturated rings. The summed E-state index contributed by atoms with van der Waals surface area (Å²) in [4.78, 5) is 8.36. The van der Waals surface area contributed by atoms with Gasteiger partial charge in [0, 0.05) is 0 Å². The van der Waals surface area contributed by atoms with Gasteiger partial charge in [-0.2, -0.15) is 0 Å². The normalized spacial score (nSPS) is 4.00. The SMILES string of the molecule is N=CN.O=CO. The van der Waals surface area contributed by atoms with Crippen molar-refractivity contribution in [3.63, 3.8) is 0 Å². The van der Waals surface area contributed by atoms with Crippen LogP contribution in [0.4, 0.5) is 0 Å². The first-order valence-corrected chi connectivity index (χ1v) is 1.12. The van der Waals surface area contributed by atoms with Crippen LogP contribution in [0.1, 0.15) is 0 Å². The van der Waals surface area contributed by atoms with Gasteiger partial charge in [0.05, 0.1) is 6.34 Å². The van der Waals surface area contributed by atoms with Crippen LogP contribution in [-0.4, -0.2) is 17.9 Å². The summed E-state index contributed by atoms with van der Waals surface area (Å²) in [6.07, 6.45) is 0.750. The molecular formula is C2H6N2O2. The molecule has 0 aliphatic carbocycles. The van der Waals surface area contributed by atoms with Crippen molar-refractivity contribution in [1.82, 2.24) is 0 Å². The topological polar surface area (TPSA) is 87.2 Å². The van der Waals surface area contributed by atoms with Crippen LogP contribution in [0.15, 0.2) is 0 Å². The van der Waals surface area contributed by atoms with E-state index in [-0.39, 0.29) is 6.47 Å². The zero-order chi connectivity index (χ0) is 5.41. The Morgan fingerprint density at radius 2 is 1.83 bits per heavy atom. The summed E-state index contributed by atoms with van der Waals surface area (Å²) in [5.74, 6) is 0. The number of hydrogen-bond donors (Lipinski definition) is 3. The van der Waals surface area contributed by atoms with E-state index in [4.69, 9.17) is 15.3 Å². The maximum Gasteiger partial charge on any atom is 0.290 e. The fourth-order valence-electron chi connectivity index (χ4n) is 0. The second-order valence-electron chi connectivity index (χ2n) is 0.272. The quantitative estimate of drug-likeness (QED) is 0.208. The molecule has 0 aliphatic rings. The molecule has 4 nitrogen and oxygen atoms in total. The van der Waals surface area contributed by atoms with Crippen molar-refractivity contribution in [1.29, 1.82) is 5.41 Å². The summed E-state index contributed by atoms with van der Waals surface area (Å²) in [5, 5.41) is 12.8. The Kier molecular flexibility index (Phi) is 57.0. The van der Waals surface area contributed by atoms with Crippen LogP contribution in [0.5, 0.6) is 0 Å². The van der Waals surface area contributed by atoms with E-state index >= 15 is 0 Å². The van der Waals surface area contributed by atoms with Crippen LogP contribution in [-0.2, 0) is 4.79 Å². The highest BCUT2D eigenvalue weighted by atomic mass is 16.3. The second-order valence-corrected chi connectivity index (χ2v) is 0.272. The van der Waals surface area contributed by atoms with E-state index in [9.17, 15) is 0 Å². The Hall–Kier alpha value is -1.06. The maximum absolute atomic E-state index is 8.36. The lowest BCUT2D eigenvalue weighted by Crippen LogP contribution is -1.81. The average molecular weight is 90.1 g/mol. The molecule has 0 saturated heterocycles. The van der Waals surface area contributed by atoms with E-state index in [1.807, 2.05) is 0 Å². The van der Waals surface area contributed by atoms with Crippen molar-refractivity contribution in [2.75, 3.05) is 0 Å². The van der Waals surface area contributed by atoms with Gasteiger partial charge in [-0.1, -0.05) is 0 Å². The lowest BCUT2D eigenvalue weighted by molar-refractivity contribution is -0.122. The van der Waals surface area contributed by atoms with Gasteiger partial charge in [-0.25, -0.2) is 0 Å². The summed E-state index contributed by atoms with van der Waals surface area (Å²) in [7, 11) is 0. The van der Waals surface area contributed by atoms with E-state index in [1.165, 1.54) is 0 Å². The van der Waals surface area contributed by atoms with Gasteiger partial charge in [-0.3, -0.25) is 10.2 Å². The van der Waals surface area contributed by atoms with Gasteiger partial charge in [-0.05, 0) is 0 Å². The summed E-state index contributed by atoms with van der Waals surface area (Å²) < 4.78 is 0. The minimum atomic E-state index is -0.250. The van der Waals surface area contributed by atoms with Gasteiger partial charge < -0.3 is 10.8 Å². The van der Waals surface area contributed by atoms with Crippen molar-refractivity contribution < 1.29 is 9.90 Å². The highest BCUT2D eigenvalue weighted by Gasteiger charge is 1.22. The first kappa shape index (κ1) is 8.87. The highest BCUT2D eigenvalue weighted by Crippen LogP contribution is 0.966. The Morgan fingerprint density at radius 3 is 1.83 bits per heavy atom. The van der Waals surface area contributed by atoms with E-state index in [0.717, 1.165) is 6.34 Å². The standard InChI is InChI=1S/CH4N2.CH2O2/c2*2-1-3/h1H,(H3,2,3);1H,(H,2,3). The molecule has 0 heterocycles. The average Bonchev–Trinajstić information content (AvgIpc) is 1.39. The molecule has 6 heavy (non-hydrogen) atoms. The number of nitrogens with one attached hydrogen (secondary N) is 1. The predicted octanol–water partition coefficient (Wildman–Crippen LogP) is -0.747. The zero-order valence-electron chi connectivity index (χ0n) is 3.09. The van der Waals surface area contributed by atoms with Crippen LogP contribution in [0, 0.1) is 5.41 Å². The maximum atomic E-state index is 8.36. The van der Waals surface area contributed by atoms with Crippen molar-refractivity contribution in [3.05, 3.63) is 0 Å². The number of hydrogen-bond acceptors (Lipinski definition) is 2. The molecule has 0 bridgehead atoms. The molecule has 36 valence electrons. The van der Waals surface area contributed by atoms with Crippen molar-refractivity contribution in [3.8, 4) is 0 Å². The van der Waals surface area contributed by atoms with Gasteiger partial charge in [-0.15, -0.1) is 0 Å². The molecule has 0 atom stereocenters. The number of carboxylic acid groups (broad SMARTS) is 1. The lowest BCUT2D eigenvalue weighted by Gasteiger charge is -1.38. The van der Waals surface area contributed by atoms with Crippen LogP contribution in [0.25, 0.3) is 0 Å². The summed E-state index contributed by atoms with van der Waals surface area (Å²) in [6, 6.07) is 0. The van der Waals surface area contributed by atoms with Crippen LogP contribution >= 0.6 is 0 Å². The van der Waals surface area contributed by atoms with Crippen LogP contribution in [0.3, 0.4) is 0 Å². The van der Waals surface area contributed by atoms with Crippen molar-refractivity contribution in [2.24, 2.45) is 5.73 Å². The molecule has 0 amide bonds. The van der Waals surface area contributed by atoms with Gasteiger partial charge in [0.2, 0.25) is 0 Å². The Labute approximate surface area is 35.1 Å². The monoisotopic (exact) mass is 90.0 g/mol. The fraction of sp³-hybridized carbons (Fsp3) is 0. The lowest BCUT2D eigenvalue weighted by atomic mass is 11.4. The molecule has 0 radical (unpaired) electrons. The van der Waals surface area contributed by atoms with Crippen LogP contribution < -0.4 is 5.73 Å². The van der Waals surface area contributed by atoms with Gasteiger partial charge in [0.1, 0.15) is 0 Å². The first-order valence-electron chi connectivity index (χ1n) is 1.12. The van der Waals surface area contributed by atoms with Crippen molar-refractivity contribution in [2.45, 2.75) is 0 Å². The molecule has 0 spiro atoms. The third kappa shape index (κ3) is 9.85. The Bertz CT molecular complexity index is 30.5. The molecule has 0 aliphatic heterocycles. The third-order valence-electron chi connectivity index (χ3n) is 0. The minimum Gasteiger partial charge on any atom is -0.483 e. The molecule has 0 aromatic carbocycles. The fourth-order valence-corrected chi connectivity index (χ4v) is 0. The molecule has 0 aromatic rings. The molecular weight excluding hydrogens is 84.0 g/mol. The van der Waals surface area contributed by atoms with E-state index in [1.54, 1.807) is 0 Å². The predicted molar refractivity (Wildman–Crippen MR) is 21.7 cm³/mol. The molecule has 0 rings (SSSR count). The van der Waals surface area contributed by atoms with Crippen molar-refractivity contribution >= 4 is 12.8 Å². The molecule has 0 aromatic heterocycles. The third-order valence-corrected chi connectivity index (χ3v) is 0. The first-order chi connectivity index (χ1) is 2.83. The zero-order valence-corrected chi connectivity index (χ0v) is 3.09. The number of rotatable bonds is 0. The molecule has 0 saturated carbocycles. The van der Waals surface area contributed by atoms with Gasteiger partial charge in [0.15, 0.2) is 0 Å². The van der Waals surface area contributed by atoms with E-state index in [0.29, 0.717) is 0 Å². The van der Waals surface area contributed by atoms with Crippen LogP contribution in [0.2, 0.25) is 0 Å². The van der Waals surface area contributed by atoms with E-state index < -0.39 is 0 Å². The second kappa shape index (κ2) is 38.5.